The minimum atomic E-state index is -0.0128. The molecular formula is C16H15N3OS. The van der Waals surface area contributed by atoms with Gasteiger partial charge in [-0.1, -0.05) is 30.3 Å². The molecule has 0 saturated heterocycles. The molecule has 0 aliphatic heterocycles. The maximum absolute atomic E-state index is 11.3. The molecular weight excluding hydrogens is 282 g/mol. The number of aryl methyl sites for hydroxylation is 1. The Kier molecular flexibility index (Phi) is 3.83. The maximum Gasteiger partial charge on any atom is 0.250 e. The van der Waals surface area contributed by atoms with Crippen molar-refractivity contribution in [2.75, 3.05) is 5.32 Å². The molecule has 0 atom stereocenters. The highest BCUT2D eigenvalue weighted by Crippen LogP contribution is 2.22. The molecule has 3 aromatic rings. The van der Waals surface area contributed by atoms with E-state index in [4.69, 9.17) is 0 Å². The van der Waals surface area contributed by atoms with Gasteiger partial charge in [-0.05, 0) is 6.07 Å². The Morgan fingerprint density at radius 3 is 2.76 bits per heavy atom. The van der Waals surface area contributed by atoms with Crippen molar-refractivity contribution in [1.82, 2.24) is 9.55 Å². The quantitative estimate of drug-likeness (QED) is 0.805. The predicted molar refractivity (Wildman–Crippen MR) is 86.6 cm³/mol. The molecule has 1 aromatic carbocycles. The lowest BCUT2D eigenvalue weighted by atomic mass is 10.2. The molecule has 21 heavy (non-hydrogen) atoms. The van der Waals surface area contributed by atoms with Gasteiger partial charge in [0.2, 0.25) is 5.56 Å². The number of pyridine rings is 1. The number of rotatable bonds is 4. The third kappa shape index (κ3) is 3.20. The van der Waals surface area contributed by atoms with Gasteiger partial charge in [0.25, 0.3) is 0 Å². The van der Waals surface area contributed by atoms with E-state index in [0.29, 0.717) is 6.54 Å². The molecule has 106 valence electrons. The number of aromatic nitrogens is 2. The zero-order chi connectivity index (χ0) is 14.7. The fourth-order valence-corrected chi connectivity index (χ4v) is 2.75. The van der Waals surface area contributed by atoms with Crippen LogP contribution in [0.2, 0.25) is 0 Å². The minimum Gasteiger partial charge on any atom is -0.377 e. The van der Waals surface area contributed by atoms with Crippen molar-refractivity contribution in [1.29, 1.82) is 0 Å². The molecule has 0 aliphatic rings. The SMILES string of the molecule is Cn1cc(NCc2nc(-c3ccccc3)cs2)ccc1=O. The summed E-state index contributed by atoms with van der Waals surface area (Å²) in [6.07, 6.45) is 1.79. The van der Waals surface area contributed by atoms with Gasteiger partial charge in [0, 0.05) is 30.3 Å². The van der Waals surface area contributed by atoms with Crippen molar-refractivity contribution in [3.63, 3.8) is 0 Å². The van der Waals surface area contributed by atoms with Gasteiger partial charge in [-0.25, -0.2) is 4.98 Å². The molecule has 3 rings (SSSR count). The van der Waals surface area contributed by atoms with Crippen molar-refractivity contribution in [2.24, 2.45) is 7.05 Å². The van der Waals surface area contributed by atoms with Crippen LogP contribution in [0.25, 0.3) is 11.3 Å². The molecule has 0 saturated carbocycles. The zero-order valence-corrected chi connectivity index (χ0v) is 12.4. The zero-order valence-electron chi connectivity index (χ0n) is 11.6. The van der Waals surface area contributed by atoms with Gasteiger partial charge in [-0.15, -0.1) is 11.3 Å². The lowest BCUT2D eigenvalue weighted by molar-refractivity contribution is 0.859. The monoisotopic (exact) mass is 297 g/mol. The van der Waals surface area contributed by atoms with E-state index in [9.17, 15) is 4.79 Å². The summed E-state index contributed by atoms with van der Waals surface area (Å²) in [5.74, 6) is 0. The maximum atomic E-state index is 11.3. The van der Waals surface area contributed by atoms with Gasteiger partial charge in [0.05, 0.1) is 17.9 Å². The Balaban J connectivity index is 1.70. The van der Waals surface area contributed by atoms with Crippen LogP contribution in [0, 0.1) is 0 Å². The Bertz CT molecular complexity index is 793. The topological polar surface area (TPSA) is 46.9 Å². The number of thiazole rings is 1. The Morgan fingerprint density at radius 2 is 2.00 bits per heavy atom. The van der Waals surface area contributed by atoms with Gasteiger partial charge < -0.3 is 9.88 Å². The average Bonchev–Trinajstić information content (AvgIpc) is 2.98. The summed E-state index contributed by atoms with van der Waals surface area (Å²) < 4.78 is 1.56. The first-order valence-corrected chi connectivity index (χ1v) is 7.51. The van der Waals surface area contributed by atoms with Gasteiger partial charge in [-0.3, -0.25) is 4.79 Å². The van der Waals surface area contributed by atoms with E-state index in [-0.39, 0.29) is 5.56 Å². The summed E-state index contributed by atoms with van der Waals surface area (Å²) in [5.41, 5.74) is 3.02. The van der Waals surface area contributed by atoms with Crippen LogP contribution in [-0.2, 0) is 13.6 Å². The minimum absolute atomic E-state index is 0.0128. The second-order valence-corrected chi connectivity index (χ2v) is 5.66. The Hall–Kier alpha value is -2.40. The molecule has 0 amide bonds. The largest absolute Gasteiger partial charge is 0.377 e. The van der Waals surface area contributed by atoms with Crippen molar-refractivity contribution >= 4 is 17.0 Å². The fourth-order valence-electron chi connectivity index (χ4n) is 2.01. The van der Waals surface area contributed by atoms with E-state index < -0.39 is 0 Å². The first kappa shape index (κ1) is 13.6. The number of nitrogens with one attached hydrogen (secondary N) is 1. The molecule has 2 heterocycles. The molecule has 0 aliphatic carbocycles. The van der Waals surface area contributed by atoms with E-state index in [1.165, 1.54) is 0 Å². The lowest BCUT2D eigenvalue weighted by Crippen LogP contribution is -2.15. The van der Waals surface area contributed by atoms with Crippen LogP contribution in [0.4, 0.5) is 5.69 Å². The summed E-state index contributed by atoms with van der Waals surface area (Å²) in [4.78, 5) is 16.0. The summed E-state index contributed by atoms with van der Waals surface area (Å²) in [5, 5.41) is 6.36. The van der Waals surface area contributed by atoms with E-state index in [1.807, 2.05) is 18.2 Å². The summed E-state index contributed by atoms with van der Waals surface area (Å²) >= 11 is 1.63. The highest BCUT2D eigenvalue weighted by molar-refractivity contribution is 7.09. The van der Waals surface area contributed by atoms with Crippen LogP contribution >= 0.6 is 11.3 Å². The van der Waals surface area contributed by atoms with Gasteiger partial charge in [0.1, 0.15) is 5.01 Å². The first-order chi connectivity index (χ1) is 10.2. The summed E-state index contributed by atoms with van der Waals surface area (Å²) in [6.45, 7) is 0.649. The van der Waals surface area contributed by atoms with E-state index in [1.54, 1.807) is 41.3 Å². The second-order valence-electron chi connectivity index (χ2n) is 4.71. The third-order valence-electron chi connectivity index (χ3n) is 3.15. The van der Waals surface area contributed by atoms with E-state index >= 15 is 0 Å². The van der Waals surface area contributed by atoms with E-state index in [0.717, 1.165) is 22.0 Å². The smallest absolute Gasteiger partial charge is 0.250 e. The molecule has 4 nitrogen and oxygen atoms in total. The standard InChI is InChI=1S/C16H15N3OS/c1-19-10-13(7-8-16(19)20)17-9-15-18-14(11-21-15)12-5-3-2-4-6-12/h2-8,10-11,17H,9H2,1H3. The molecule has 1 N–H and O–H groups in total. The number of benzene rings is 1. The van der Waals surface area contributed by atoms with Crippen LogP contribution in [0.15, 0.2) is 58.8 Å². The van der Waals surface area contributed by atoms with E-state index in [2.05, 4.69) is 27.8 Å². The lowest BCUT2D eigenvalue weighted by Gasteiger charge is -2.05. The molecule has 0 bridgehead atoms. The van der Waals surface area contributed by atoms with Crippen LogP contribution in [0.1, 0.15) is 5.01 Å². The third-order valence-corrected chi connectivity index (χ3v) is 4.00. The number of hydrogen-bond donors (Lipinski definition) is 1. The van der Waals surface area contributed by atoms with Crippen molar-refractivity contribution in [3.05, 3.63) is 69.4 Å². The average molecular weight is 297 g/mol. The first-order valence-electron chi connectivity index (χ1n) is 6.63. The Labute approximate surface area is 126 Å². The Morgan fingerprint density at radius 1 is 1.19 bits per heavy atom. The van der Waals surface area contributed by atoms with Gasteiger partial charge in [-0.2, -0.15) is 0 Å². The summed E-state index contributed by atoms with van der Waals surface area (Å²) in [6, 6.07) is 13.5. The molecule has 0 unspecified atom stereocenters. The highest BCUT2D eigenvalue weighted by Gasteiger charge is 2.04. The van der Waals surface area contributed by atoms with Crippen molar-refractivity contribution in [2.45, 2.75) is 6.54 Å². The fraction of sp³-hybridized carbons (Fsp3) is 0.125. The summed E-state index contributed by atoms with van der Waals surface area (Å²) in [7, 11) is 1.74. The molecule has 0 spiro atoms. The molecule has 5 heteroatoms. The second kappa shape index (κ2) is 5.93. The van der Waals surface area contributed by atoms with Crippen molar-refractivity contribution < 1.29 is 0 Å². The van der Waals surface area contributed by atoms with Crippen LogP contribution in [-0.4, -0.2) is 9.55 Å². The number of anilines is 1. The molecule has 0 radical (unpaired) electrons. The highest BCUT2D eigenvalue weighted by atomic mass is 32.1. The van der Waals surface area contributed by atoms with Crippen molar-refractivity contribution in [3.8, 4) is 11.3 Å². The normalized spacial score (nSPS) is 10.5. The predicted octanol–water partition coefficient (Wildman–Crippen LogP) is 3.12. The van der Waals surface area contributed by atoms with Crippen LogP contribution in [0.3, 0.4) is 0 Å². The number of nitrogens with zero attached hydrogens (tertiary/aromatic N) is 2. The molecule has 0 fully saturated rings. The molecule has 2 aromatic heterocycles. The number of hydrogen-bond acceptors (Lipinski definition) is 4. The van der Waals surface area contributed by atoms with Gasteiger partial charge in [0.15, 0.2) is 0 Å². The van der Waals surface area contributed by atoms with Gasteiger partial charge >= 0.3 is 0 Å². The van der Waals surface area contributed by atoms with Crippen LogP contribution in [0.5, 0.6) is 0 Å². The van der Waals surface area contributed by atoms with Crippen LogP contribution < -0.4 is 10.9 Å².